The topological polar surface area (TPSA) is 19.6 Å². The Bertz CT molecular complexity index is 2230. The highest BCUT2D eigenvalue weighted by Crippen LogP contribution is 2.61. The van der Waals surface area contributed by atoms with E-state index in [1.807, 2.05) is 6.07 Å². The van der Waals surface area contributed by atoms with Crippen molar-refractivity contribution in [2.45, 2.75) is 64.3 Å². The van der Waals surface area contributed by atoms with Gasteiger partial charge in [0, 0.05) is 50.7 Å². The summed E-state index contributed by atoms with van der Waals surface area (Å²) in [7, 11) is 0. The van der Waals surface area contributed by atoms with Gasteiger partial charge in [-0.25, -0.2) is 0 Å². The summed E-state index contributed by atoms with van der Waals surface area (Å²) >= 11 is 0. The van der Waals surface area contributed by atoms with E-state index in [0.717, 1.165) is 22.2 Å². The van der Waals surface area contributed by atoms with Crippen molar-refractivity contribution in [1.82, 2.24) is 0 Å². The molecule has 2 atom stereocenters. The summed E-state index contributed by atoms with van der Waals surface area (Å²) in [6.45, 7) is 9.79. The monoisotopic (exact) mass is 570 g/mol. The zero-order chi connectivity index (χ0) is 29.5. The molecule has 4 heterocycles. The molecule has 4 heteroatoms. The Labute approximate surface area is 259 Å². The lowest BCUT2D eigenvalue weighted by Crippen LogP contribution is -2.64. The molecule has 3 aliphatic heterocycles. The van der Waals surface area contributed by atoms with Crippen LogP contribution in [0, 0.1) is 13.8 Å². The number of fused-ring (bicyclic) bond motifs is 10. The molecule has 4 aliphatic rings. The van der Waals surface area contributed by atoms with E-state index >= 15 is 0 Å². The lowest BCUT2D eigenvalue weighted by Gasteiger charge is -2.52. The van der Waals surface area contributed by atoms with E-state index in [0.29, 0.717) is 0 Å². The van der Waals surface area contributed by atoms with Crippen LogP contribution in [0.25, 0.3) is 21.9 Å². The van der Waals surface area contributed by atoms with E-state index in [2.05, 4.69) is 122 Å². The van der Waals surface area contributed by atoms with Gasteiger partial charge in [0.2, 0.25) is 0 Å². The van der Waals surface area contributed by atoms with Gasteiger partial charge in [0.15, 0.2) is 0 Å². The molecule has 0 amide bonds. The molecule has 3 nitrogen and oxygen atoms in total. The second-order valence-corrected chi connectivity index (χ2v) is 14.2. The smallest absolute Gasteiger partial charge is 0.252 e. The molecular weight excluding hydrogens is 535 g/mol. The van der Waals surface area contributed by atoms with Crippen LogP contribution in [0.1, 0.15) is 56.2 Å². The van der Waals surface area contributed by atoms with Gasteiger partial charge in [-0.15, -0.1) is 0 Å². The number of anilines is 5. The molecule has 1 saturated carbocycles. The molecule has 1 fully saturated rings. The Hall–Kier alpha value is -4.44. The molecule has 1 aromatic heterocycles. The van der Waals surface area contributed by atoms with E-state index in [4.69, 9.17) is 4.42 Å². The molecular formula is C40H35BN2O. The van der Waals surface area contributed by atoms with Gasteiger partial charge in [-0.1, -0.05) is 68.3 Å². The standard InChI is InChI=1S/C40H35BN2O/c1-24-14-17-30-32(20-24)42(26-15-16-28-27-10-5-6-13-35(27)44-36(28)23-26)33-21-25(2)22-34-37(33)41(30)31-12-9-11-29-38(31)43(34)40(4)19-8-7-18-39(29,40)3/h5-6,9-17,20-23H,7-8,18-19H2,1-4H3. The van der Waals surface area contributed by atoms with Crippen LogP contribution in [0.15, 0.2) is 95.4 Å². The average molecular weight is 571 g/mol. The van der Waals surface area contributed by atoms with Crippen molar-refractivity contribution >= 4 is 73.5 Å². The van der Waals surface area contributed by atoms with Crippen LogP contribution in [0.3, 0.4) is 0 Å². The van der Waals surface area contributed by atoms with Crippen molar-refractivity contribution < 1.29 is 4.42 Å². The minimum atomic E-state index is 0.0434. The molecule has 6 aromatic rings. The van der Waals surface area contributed by atoms with E-state index < -0.39 is 0 Å². The van der Waals surface area contributed by atoms with Gasteiger partial charge in [0.1, 0.15) is 11.2 Å². The molecule has 0 bridgehead atoms. The van der Waals surface area contributed by atoms with Crippen LogP contribution in [-0.4, -0.2) is 12.3 Å². The fraction of sp³-hybridized carbons (Fsp3) is 0.250. The molecule has 5 aromatic carbocycles. The normalized spacial score (nSPS) is 22.7. The molecule has 0 saturated heterocycles. The Morgan fingerprint density at radius 2 is 1.48 bits per heavy atom. The third-order valence-electron chi connectivity index (χ3n) is 11.9. The van der Waals surface area contributed by atoms with Crippen LogP contribution in [0.5, 0.6) is 0 Å². The number of para-hydroxylation sites is 2. The Balaban J connectivity index is 1.29. The number of rotatable bonds is 1. The fourth-order valence-electron chi connectivity index (χ4n) is 9.66. The van der Waals surface area contributed by atoms with Gasteiger partial charge in [-0.05, 0) is 103 Å². The SMILES string of the molecule is Cc1ccc2c(c1)N(c1ccc3c(c1)oc1ccccc13)c1cc(C)cc3c1B2c1cccc2c1N3C1(C)CCCCC21C. The summed E-state index contributed by atoms with van der Waals surface area (Å²) in [5.74, 6) is 0. The summed E-state index contributed by atoms with van der Waals surface area (Å²) in [5, 5.41) is 2.33. The van der Waals surface area contributed by atoms with Crippen LogP contribution < -0.4 is 26.2 Å². The number of hydrogen-bond donors (Lipinski definition) is 0. The van der Waals surface area contributed by atoms with Crippen molar-refractivity contribution in [1.29, 1.82) is 0 Å². The van der Waals surface area contributed by atoms with Crippen molar-refractivity contribution in [2.75, 3.05) is 9.80 Å². The van der Waals surface area contributed by atoms with E-state index in [-0.39, 0.29) is 17.7 Å². The molecule has 0 radical (unpaired) electrons. The maximum Gasteiger partial charge on any atom is 0.252 e. The first-order valence-electron chi connectivity index (χ1n) is 16.3. The number of aryl methyl sites for hydroxylation is 2. The number of hydrogen-bond acceptors (Lipinski definition) is 3. The largest absolute Gasteiger partial charge is 0.456 e. The van der Waals surface area contributed by atoms with Crippen molar-refractivity contribution in [3.63, 3.8) is 0 Å². The van der Waals surface area contributed by atoms with Crippen LogP contribution in [0.4, 0.5) is 28.4 Å². The van der Waals surface area contributed by atoms with Gasteiger partial charge in [0.05, 0.1) is 5.54 Å². The van der Waals surface area contributed by atoms with Crippen LogP contribution >= 0.6 is 0 Å². The zero-order valence-corrected chi connectivity index (χ0v) is 25.9. The molecule has 10 rings (SSSR count). The van der Waals surface area contributed by atoms with Gasteiger partial charge < -0.3 is 14.2 Å². The molecule has 1 aliphatic carbocycles. The Morgan fingerprint density at radius 1 is 0.682 bits per heavy atom. The predicted octanol–water partition coefficient (Wildman–Crippen LogP) is 8.56. The summed E-state index contributed by atoms with van der Waals surface area (Å²) in [5.41, 5.74) is 17.1. The first-order chi connectivity index (χ1) is 21.4. The first-order valence-corrected chi connectivity index (χ1v) is 16.3. The molecule has 214 valence electrons. The maximum absolute atomic E-state index is 6.42. The summed E-state index contributed by atoms with van der Waals surface area (Å²) in [6.07, 6.45) is 5.05. The molecule has 2 unspecified atom stereocenters. The van der Waals surface area contributed by atoms with E-state index in [9.17, 15) is 0 Å². The third-order valence-corrected chi connectivity index (χ3v) is 11.9. The van der Waals surface area contributed by atoms with Gasteiger partial charge in [-0.2, -0.15) is 0 Å². The van der Waals surface area contributed by atoms with Crippen molar-refractivity contribution in [3.05, 3.63) is 108 Å². The van der Waals surface area contributed by atoms with E-state index in [1.165, 1.54) is 81.3 Å². The summed E-state index contributed by atoms with van der Waals surface area (Å²) in [6, 6.07) is 34.4. The number of nitrogens with zero attached hydrogens (tertiary/aromatic N) is 2. The molecule has 0 spiro atoms. The molecule has 44 heavy (non-hydrogen) atoms. The minimum absolute atomic E-state index is 0.0434. The van der Waals surface area contributed by atoms with Gasteiger partial charge >= 0.3 is 0 Å². The number of benzene rings is 5. The highest BCUT2D eigenvalue weighted by Gasteiger charge is 2.61. The quantitative estimate of drug-likeness (QED) is 0.185. The van der Waals surface area contributed by atoms with Crippen molar-refractivity contribution in [3.8, 4) is 0 Å². The van der Waals surface area contributed by atoms with Gasteiger partial charge in [0.25, 0.3) is 6.71 Å². The van der Waals surface area contributed by atoms with Crippen LogP contribution in [-0.2, 0) is 5.41 Å². The average Bonchev–Trinajstić information content (AvgIpc) is 3.49. The highest BCUT2D eigenvalue weighted by atomic mass is 16.3. The Morgan fingerprint density at radius 3 is 2.39 bits per heavy atom. The summed E-state index contributed by atoms with van der Waals surface area (Å²) in [4.78, 5) is 5.32. The Kier molecular flexibility index (Phi) is 4.64. The fourth-order valence-corrected chi connectivity index (χ4v) is 9.66. The van der Waals surface area contributed by atoms with Crippen LogP contribution in [0.2, 0.25) is 0 Å². The van der Waals surface area contributed by atoms with E-state index in [1.54, 1.807) is 5.56 Å². The van der Waals surface area contributed by atoms with Crippen molar-refractivity contribution in [2.24, 2.45) is 0 Å². The first kappa shape index (κ1) is 24.9. The number of furan rings is 1. The predicted molar refractivity (Wildman–Crippen MR) is 185 cm³/mol. The third kappa shape index (κ3) is 2.86. The minimum Gasteiger partial charge on any atom is -0.456 e. The lowest BCUT2D eigenvalue weighted by molar-refractivity contribution is 0.195. The second-order valence-electron chi connectivity index (χ2n) is 14.2. The molecule has 0 N–H and O–H groups in total. The second kappa shape index (κ2) is 8.18. The highest BCUT2D eigenvalue weighted by molar-refractivity contribution is 7.00. The lowest BCUT2D eigenvalue weighted by atomic mass is 9.33. The summed E-state index contributed by atoms with van der Waals surface area (Å²) < 4.78 is 6.42. The maximum atomic E-state index is 6.42. The zero-order valence-electron chi connectivity index (χ0n) is 25.9. The van der Waals surface area contributed by atoms with Gasteiger partial charge in [-0.3, -0.25) is 0 Å².